The minimum absolute atomic E-state index is 0.111. The number of rotatable bonds is 3. The summed E-state index contributed by atoms with van der Waals surface area (Å²) >= 11 is 0. The van der Waals surface area contributed by atoms with Gasteiger partial charge in [0.2, 0.25) is 0 Å². The number of nitrogens with two attached hydrogens (primary N) is 1. The minimum Gasteiger partial charge on any atom is -0.503 e. The van der Waals surface area contributed by atoms with Crippen LogP contribution in [-0.2, 0) is 9.53 Å². The number of nitrogen functional groups attached to an aromatic ring is 1. The second-order valence-corrected chi connectivity index (χ2v) is 3.48. The molecule has 0 fully saturated rings. The molecule has 1 aromatic carbocycles. The number of carbonyl (C=O) groups is 1. The van der Waals surface area contributed by atoms with Gasteiger partial charge in [-0.05, 0) is 30.7 Å². The fourth-order valence-corrected chi connectivity index (χ4v) is 1.36. The Labute approximate surface area is 99.5 Å². The summed E-state index contributed by atoms with van der Waals surface area (Å²) in [5.41, 5.74) is 6.88. The van der Waals surface area contributed by atoms with Crippen LogP contribution in [0.5, 0.6) is 11.5 Å². The zero-order valence-electron chi connectivity index (χ0n) is 9.98. The van der Waals surface area contributed by atoms with E-state index in [1.807, 2.05) is 0 Å². The lowest BCUT2D eigenvalue weighted by molar-refractivity contribution is -0.135. The van der Waals surface area contributed by atoms with Gasteiger partial charge >= 0.3 is 5.97 Å². The van der Waals surface area contributed by atoms with Crippen molar-refractivity contribution in [2.45, 2.75) is 6.92 Å². The number of carbonyl (C=O) groups excluding carboxylic acids is 1. The van der Waals surface area contributed by atoms with Gasteiger partial charge in [0.15, 0.2) is 11.5 Å². The van der Waals surface area contributed by atoms with Crippen molar-refractivity contribution in [1.29, 1.82) is 0 Å². The Kier molecular flexibility index (Phi) is 3.98. The maximum Gasteiger partial charge on any atom is 0.333 e. The molecule has 0 atom stereocenters. The van der Waals surface area contributed by atoms with Crippen molar-refractivity contribution >= 4 is 17.7 Å². The number of phenols is 1. The molecule has 5 heteroatoms. The summed E-state index contributed by atoms with van der Waals surface area (Å²) in [5.74, 6) is -0.273. The fourth-order valence-electron chi connectivity index (χ4n) is 1.36. The van der Waals surface area contributed by atoms with Crippen molar-refractivity contribution in [3.05, 3.63) is 23.3 Å². The molecule has 0 saturated heterocycles. The van der Waals surface area contributed by atoms with E-state index in [1.165, 1.54) is 14.2 Å². The van der Waals surface area contributed by atoms with Gasteiger partial charge in [-0.1, -0.05) is 0 Å². The second-order valence-electron chi connectivity index (χ2n) is 3.48. The van der Waals surface area contributed by atoms with E-state index in [-0.39, 0.29) is 17.2 Å². The van der Waals surface area contributed by atoms with Gasteiger partial charge < -0.3 is 20.3 Å². The lowest BCUT2D eigenvalue weighted by atomic mass is 10.1. The average Bonchev–Trinajstić information content (AvgIpc) is 2.32. The first-order valence-electron chi connectivity index (χ1n) is 4.92. The van der Waals surface area contributed by atoms with Crippen molar-refractivity contribution in [2.75, 3.05) is 20.0 Å². The molecule has 5 nitrogen and oxygen atoms in total. The third-order valence-electron chi connectivity index (χ3n) is 2.24. The Balaban J connectivity index is 3.16. The fraction of sp³-hybridized carbons (Fsp3) is 0.250. The number of ether oxygens (including phenoxy) is 2. The highest BCUT2D eigenvalue weighted by atomic mass is 16.5. The van der Waals surface area contributed by atoms with E-state index < -0.39 is 5.97 Å². The van der Waals surface area contributed by atoms with Crippen LogP contribution < -0.4 is 10.5 Å². The average molecular weight is 237 g/mol. The quantitative estimate of drug-likeness (QED) is 0.361. The van der Waals surface area contributed by atoms with Crippen LogP contribution in [0.1, 0.15) is 12.5 Å². The molecule has 0 unspecified atom stereocenters. The van der Waals surface area contributed by atoms with Gasteiger partial charge in [0.25, 0.3) is 0 Å². The monoisotopic (exact) mass is 237 g/mol. The topological polar surface area (TPSA) is 81.8 Å². The largest absolute Gasteiger partial charge is 0.503 e. The van der Waals surface area contributed by atoms with Crippen molar-refractivity contribution in [1.82, 2.24) is 0 Å². The van der Waals surface area contributed by atoms with E-state index >= 15 is 0 Å². The number of hydrogen-bond donors (Lipinski definition) is 2. The molecule has 92 valence electrons. The molecule has 1 aromatic rings. The maximum atomic E-state index is 11.2. The van der Waals surface area contributed by atoms with Gasteiger partial charge in [-0.25, -0.2) is 4.79 Å². The van der Waals surface area contributed by atoms with Crippen LogP contribution >= 0.6 is 0 Å². The molecule has 0 saturated carbocycles. The van der Waals surface area contributed by atoms with Crippen molar-refractivity contribution in [2.24, 2.45) is 0 Å². The smallest absolute Gasteiger partial charge is 0.333 e. The molecule has 0 radical (unpaired) electrons. The number of hydrogen-bond acceptors (Lipinski definition) is 5. The summed E-state index contributed by atoms with van der Waals surface area (Å²) < 4.78 is 9.54. The van der Waals surface area contributed by atoms with Crippen LogP contribution in [0, 0.1) is 0 Å². The Morgan fingerprint density at radius 2 is 2.06 bits per heavy atom. The summed E-state index contributed by atoms with van der Waals surface area (Å²) in [6.45, 7) is 1.63. The SMILES string of the molecule is COC(=O)C(C)=Cc1cc(N)c(O)c(OC)c1. The Morgan fingerprint density at radius 1 is 1.41 bits per heavy atom. The van der Waals surface area contributed by atoms with Gasteiger partial charge in [-0.15, -0.1) is 0 Å². The van der Waals surface area contributed by atoms with E-state index in [0.717, 1.165) is 0 Å². The van der Waals surface area contributed by atoms with Crippen LogP contribution in [0.4, 0.5) is 5.69 Å². The number of esters is 1. The summed E-state index contributed by atoms with van der Waals surface area (Å²) in [5, 5.41) is 9.55. The van der Waals surface area contributed by atoms with Crippen molar-refractivity contribution in [3.8, 4) is 11.5 Å². The molecule has 0 amide bonds. The number of aromatic hydroxyl groups is 1. The van der Waals surface area contributed by atoms with Crippen LogP contribution in [0.2, 0.25) is 0 Å². The highest BCUT2D eigenvalue weighted by Gasteiger charge is 2.09. The van der Waals surface area contributed by atoms with E-state index in [0.29, 0.717) is 11.1 Å². The van der Waals surface area contributed by atoms with Crippen LogP contribution in [0.3, 0.4) is 0 Å². The molecule has 0 aromatic heterocycles. The summed E-state index contributed by atoms with van der Waals surface area (Å²) in [4.78, 5) is 11.2. The third kappa shape index (κ3) is 2.90. The zero-order chi connectivity index (χ0) is 13.0. The Morgan fingerprint density at radius 3 is 2.59 bits per heavy atom. The van der Waals surface area contributed by atoms with Gasteiger partial charge in [0.1, 0.15) is 0 Å². The number of phenolic OH excluding ortho intramolecular Hbond substituents is 1. The van der Waals surface area contributed by atoms with Crippen molar-refractivity contribution in [3.63, 3.8) is 0 Å². The van der Waals surface area contributed by atoms with Gasteiger partial charge in [-0.3, -0.25) is 0 Å². The first-order chi connectivity index (χ1) is 7.99. The molecule has 17 heavy (non-hydrogen) atoms. The minimum atomic E-state index is -0.421. The molecule has 0 heterocycles. The number of benzene rings is 1. The molecule has 3 N–H and O–H groups in total. The standard InChI is InChI=1S/C12H15NO4/c1-7(12(15)17-3)4-8-5-9(13)11(14)10(6-8)16-2/h4-6,14H,13H2,1-3H3. The molecule has 1 rings (SSSR count). The molecular weight excluding hydrogens is 222 g/mol. The van der Waals surface area contributed by atoms with E-state index in [9.17, 15) is 9.90 Å². The van der Waals surface area contributed by atoms with E-state index in [1.54, 1.807) is 25.1 Å². The summed E-state index contributed by atoms with van der Waals surface area (Å²) in [6, 6.07) is 3.13. The van der Waals surface area contributed by atoms with Crippen LogP contribution in [0.15, 0.2) is 17.7 Å². The highest BCUT2D eigenvalue weighted by molar-refractivity contribution is 5.93. The van der Waals surface area contributed by atoms with Crippen molar-refractivity contribution < 1.29 is 19.4 Å². The lowest BCUT2D eigenvalue weighted by Crippen LogP contribution is -2.01. The number of anilines is 1. The molecule has 0 bridgehead atoms. The highest BCUT2D eigenvalue weighted by Crippen LogP contribution is 2.33. The molecule has 0 aliphatic carbocycles. The molecule has 0 aliphatic rings. The van der Waals surface area contributed by atoms with E-state index in [2.05, 4.69) is 4.74 Å². The van der Waals surface area contributed by atoms with Crippen LogP contribution in [0.25, 0.3) is 6.08 Å². The molecule has 0 aliphatic heterocycles. The normalized spacial score (nSPS) is 11.1. The van der Waals surface area contributed by atoms with Crippen LogP contribution in [-0.4, -0.2) is 25.3 Å². The zero-order valence-corrected chi connectivity index (χ0v) is 9.98. The lowest BCUT2D eigenvalue weighted by Gasteiger charge is -2.07. The predicted molar refractivity (Wildman–Crippen MR) is 64.7 cm³/mol. The van der Waals surface area contributed by atoms with Gasteiger partial charge in [0, 0.05) is 5.57 Å². The second kappa shape index (κ2) is 5.25. The molecule has 0 spiro atoms. The van der Waals surface area contributed by atoms with Gasteiger partial charge in [-0.2, -0.15) is 0 Å². The summed E-state index contributed by atoms with van der Waals surface area (Å²) in [7, 11) is 2.74. The Hall–Kier alpha value is -2.17. The molecular formula is C12H15NO4. The Bertz CT molecular complexity index is 466. The maximum absolute atomic E-state index is 11.2. The third-order valence-corrected chi connectivity index (χ3v) is 2.24. The van der Waals surface area contributed by atoms with E-state index in [4.69, 9.17) is 10.5 Å². The number of methoxy groups -OCH3 is 2. The predicted octanol–water partition coefficient (Wildman–Crippen LogP) is 1.56. The first kappa shape index (κ1) is 12.9. The van der Waals surface area contributed by atoms with Gasteiger partial charge in [0.05, 0.1) is 19.9 Å². The summed E-state index contributed by atoms with van der Waals surface area (Å²) in [6.07, 6.45) is 1.60. The first-order valence-corrected chi connectivity index (χ1v) is 4.92.